The van der Waals surface area contributed by atoms with Crippen molar-refractivity contribution in [2.45, 2.75) is 12.5 Å². The SMILES string of the molecule is COc1ccc2oc(C3CCN(C)CCN3)cc2c1. The van der Waals surface area contributed by atoms with Gasteiger partial charge in [-0.2, -0.15) is 0 Å². The van der Waals surface area contributed by atoms with Crippen molar-refractivity contribution in [3.05, 3.63) is 30.0 Å². The number of likely N-dealkylation sites (N-methyl/N-ethyl adjacent to an activating group) is 1. The van der Waals surface area contributed by atoms with Gasteiger partial charge < -0.3 is 19.4 Å². The number of hydrogen-bond donors (Lipinski definition) is 1. The highest BCUT2D eigenvalue weighted by molar-refractivity contribution is 5.79. The van der Waals surface area contributed by atoms with Crippen molar-refractivity contribution in [1.29, 1.82) is 0 Å². The standard InChI is InChI=1S/C15H20N2O2/c1-17-7-5-13(16-6-8-17)15-10-11-9-12(18-2)3-4-14(11)19-15/h3-4,9-10,13,16H,5-8H2,1-2H3. The van der Waals surface area contributed by atoms with Crippen molar-refractivity contribution >= 4 is 11.0 Å². The van der Waals surface area contributed by atoms with Crippen LogP contribution in [0.2, 0.25) is 0 Å². The predicted octanol–water partition coefficient (Wildman–Crippen LogP) is 2.41. The number of fused-ring (bicyclic) bond motifs is 1. The summed E-state index contributed by atoms with van der Waals surface area (Å²) in [6.07, 6.45) is 1.08. The Kier molecular flexibility index (Phi) is 3.44. The molecule has 1 fully saturated rings. The second kappa shape index (κ2) is 5.23. The van der Waals surface area contributed by atoms with Gasteiger partial charge in [0.15, 0.2) is 0 Å². The Morgan fingerprint density at radius 3 is 3.05 bits per heavy atom. The zero-order chi connectivity index (χ0) is 13.2. The normalized spacial score (nSPS) is 21.5. The highest BCUT2D eigenvalue weighted by Gasteiger charge is 2.19. The lowest BCUT2D eigenvalue weighted by Gasteiger charge is -2.12. The first-order valence-electron chi connectivity index (χ1n) is 6.75. The smallest absolute Gasteiger partial charge is 0.134 e. The molecule has 3 rings (SSSR count). The van der Waals surface area contributed by atoms with E-state index in [-0.39, 0.29) is 0 Å². The highest BCUT2D eigenvalue weighted by Crippen LogP contribution is 2.29. The number of methoxy groups -OCH3 is 1. The van der Waals surface area contributed by atoms with Crippen LogP contribution in [0.3, 0.4) is 0 Å². The van der Waals surface area contributed by atoms with Crippen LogP contribution in [0.15, 0.2) is 28.7 Å². The van der Waals surface area contributed by atoms with E-state index in [2.05, 4.69) is 23.3 Å². The van der Waals surface area contributed by atoms with Gasteiger partial charge in [0.2, 0.25) is 0 Å². The molecule has 1 N–H and O–H groups in total. The second-order valence-electron chi connectivity index (χ2n) is 5.15. The molecule has 0 spiro atoms. The van der Waals surface area contributed by atoms with E-state index in [1.165, 1.54) is 0 Å². The van der Waals surface area contributed by atoms with Crippen molar-refractivity contribution in [1.82, 2.24) is 10.2 Å². The summed E-state index contributed by atoms with van der Waals surface area (Å²) < 4.78 is 11.2. The molecule has 1 aromatic carbocycles. The summed E-state index contributed by atoms with van der Waals surface area (Å²) >= 11 is 0. The Hall–Kier alpha value is -1.52. The van der Waals surface area contributed by atoms with E-state index in [4.69, 9.17) is 9.15 Å². The quantitative estimate of drug-likeness (QED) is 0.900. The number of nitrogens with one attached hydrogen (secondary N) is 1. The third-order valence-corrected chi connectivity index (χ3v) is 3.77. The molecule has 1 unspecified atom stereocenters. The van der Waals surface area contributed by atoms with Crippen LogP contribution >= 0.6 is 0 Å². The number of nitrogens with zero attached hydrogens (tertiary/aromatic N) is 1. The minimum atomic E-state index is 0.309. The van der Waals surface area contributed by atoms with Crippen LogP contribution in [0.5, 0.6) is 5.75 Å². The maximum Gasteiger partial charge on any atom is 0.134 e. The van der Waals surface area contributed by atoms with Gasteiger partial charge in [-0.3, -0.25) is 0 Å². The van der Waals surface area contributed by atoms with E-state index in [0.29, 0.717) is 6.04 Å². The van der Waals surface area contributed by atoms with Gasteiger partial charge in [0.05, 0.1) is 13.2 Å². The van der Waals surface area contributed by atoms with Gasteiger partial charge in [-0.05, 0) is 44.3 Å². The molecule has 2 heterocycles. The number of furan rings is 1. The molecule has 19 heavy (non-hydrogen) atoms. The lowest BCUT2D eigenvalue weighted by molar-refractivity contribution is 0.351. The van der Waals surface area contributed by atoms with Gasteiger partial charge >= 0.3 is 0 Å². The molecule has 102 valence electrons. The molecule has 0 bridgehead atoms. The van der Waals surface area contributed by atoms with Crippen LogP contribution in [0, 0.1) is 0 Å². The first kappa shape index (κ1) is 12.5. The zero-order valence-corrected chi connectivity index (χ0v) is 11.5. The van der Waals surface area contributed by atoms with Crippen LogP contribution in [-0.2, 0) is 0 Å². The van der Waals surface area contributed by atoms with Crippen LogP contribution in [0.1, 0.15) is 18.2 Å². The van der Waals surface area contributed by atoms with E-state index in [0.717, 1.165) is 48.5 Å². The second-order valence-corrected chi connectivity index (χ2v) is 5.15. The maximum atomic E-state index is 5.96. The van der Waals surface area contributed by atoms with Gasteiger partial charge in [0.1, 0.15) is 17.1 Å². The fraction of sp³-hybridized carbons (Fsp3) is 0.467. The third-order valence-electron chi connectivity index (χ3n) is 3.77. The molecule has 1 aromatic heterocycles. The molecular weight excluding hydrogens is 240 g/mol. The van der Waals surface area contributed by atoms with E-state index in [1.54, 1.807) is 7.11 Å². The monoisotopic (exact) mass is 260 g/mol. The number of rotatable bonds is 2. The Morgan fingerprint density at radius 1 is 1.32 bits per heavy atom. The lowest BCUT2D eigenvalue weighted by atomic mass is 10.1. The molecule has 1 atom stereocenters. The average Bonchev–Trinajstić information content (AvgIpc) is 2.73. The van der Waals surface area contributed by atoms with Gasteiger partial charge in [-0.1, -0.05) is 0 Å². The fourth-order valence-electron chi connectivity index (χ4n) is 2.58. The molecule has 0 radical (unpaired) electrons. The first-order valence-corrected chi connectivity index (χ1v) is 6.75. The maximum absolute atomic E-state index is 5.96. The number of hydrogen-bond acceptors (Lipinski definition) is 4. The van der Waals surface area contributed by atoms with Crippen molar-refractivity contribution < 1.29 is 9.15 Å². The van der Waals surface area contributed by atoms with Crippen LogP contribution in [0.25, 0.3) is 11.0 Å². The molecule has 0 saturated carbocycles. The summed E-state index contributed by atoms with van der Waals surface area (Å²) in [6, 6.07) is 8.36. The van der Waals surface area contributed by atoms with Gasteiger partial charge in [0, 0.05) is 18.5 Å². The van der Waals surface area contributed by atoms with Crippen molar-refractivity contribution in [2.24, 2.45) is 0 Å². The summed E-state index contributed by atoms with van der Waals surface area (Å²) in [6.45, 7) is 3.18. The molecule has 4 nitrogen and oxygen atoms in total. The van der Waals surface area contributed by atoms with Crippen LogP contribution < -0.4 is 10.1 Å². The van der Waals surface area contributed by atoms with Crippen molar-refractivity contribution in [2.75, 3.05) is 33.8 Å². The molecule has 4 heteroatoms. The summed E-state index contributed by atoms with van der Waals surface area (Å²) in [5.74, 6) is 1.90. The topological polar surface area (TPSA) is 37.6 Å². The average molecular weight is 260 g/mol. The lowest BCUT2D eigenvalue weighted by Crippen LogP contribution is -2.24. The predicted molar refractivity (Wildman–Crippen MR) is 75.6 cm³/mol. The van der Waals surface area contributed by atoms with Crippen molar-refractivity contribution in [3.8, 4) is 5.75 Å². The van der Waals surface area contributed by atoms with E-state index in [1.807, 2.05) is 18.2 Å². The molecule has 2 aromatic rings. The van der Waals surface area contributed by atoms with Gasteiger partial charge in [-0.25, -0.2) is 0 Å². The number of benzene rings is 1. The third kappa shape index (κ3) is 2.60. The van der Waals surface area contributed by atoms with Crippen LogP contribution in [0.4, 0.5) is 0 Å². The highest BCUT2D eigenvalue weighted by atomic mass is 16.5. The largest absolute Gasteiger partial charge is 0.497 e. The zero-order valence-electron chi connectivity index (χ0n) is 11.5. The van der Waals surface area contributed by atoms with E-state index in [9.17, 15) is 0 Å². The van der Waals surface area contributed by atoms with Gasteiger partial charge in [-0.15, -0.1) is 0 Å². The molecular formula is C15H20N2O2. The summed E-state index contributed by atoms with van der Waals surface area (Å²) in [4.78, 5) is 2.35. The summed E-state index contributed by atoms with van der Waals surface area (Å²) in [5.41, 5.74) is 0.926. The molecule has 1 aliphatic rings. The fourth-order valence-corrected chi connectivity index (χ4v) is 2.58. The van der Waals surface area contributed by atoms with E-state index < -0.39 is 0 Å². The minimum Gasteiger partial charge on any atom is -0.497 e. The molecule has 1 aliphatic heterocycles. The molecule has 1 saturated heterocycles. The van der Waals surface area contributed by atoms with Gasteiger partial charge in [0.25, 0.3) is 0 Å². The Bertz CT molecular complexity index is 564. The summed E-state index contributed by atoms with van der Waals surface area (Å²) in [5, 5.41) is 4.66. The van der Waals surface area contributed by atoms with Crippen LogP contribution in [-0.4, -0.2) is 38.7 Å². The van der Waals surface area contributed by atoms with E-state index >= 15 is 0 Å². The number of ether oxygens (including phenoxy) is 1. The Labute approximate surface area is 113 Å². The first-order chi connectivity index (χ1) is 9.26. The Morgan fingerprint density at radius 2 is 2.21 bits per heavy atom. The Balaban J connectivity index is 1.87. The minimum absolute atomic E-state index is 0.309. The molecule has 0 amide bonds. The molecule has 0 aliphatic carbocycles. The summed E-state index contributed by atoms with van der Waals surface area (Å²) in [7, 11) is 3.85. The van der Waals surface area contributed by atoms with Crippen molar-refractivity contribution in [3.63, 3.8) is 0 Å².